The molecule has 13 heteroatoms. The van der Waals surface area contributed by atoms with Crippen molar-refractivity contribution in [3.63, 3.8) is 0 Å². The number of hydrogen-bond donors (Lipinski definition) is 3. The van der Waals surface area contributed by atoms with Gasteiger partial charge in [-0.2, -0.15) is 0 Å². The third-order valence-electron chi connectivity index (χ3n) is 11.4. The van der Waals surface area contributed by atoms with Crippen LogP contribution in [0, 0.1) is 13.8 Å². The van der Waals surface area contributed by atoms with E-state index in [4.69, 9.17) is 19.4 Å². The van der Waals surface area contributed by atoms with Gasteiger partial charge in [0.2, 0.25) is 0 Å². The number of aryl methyl sites for hydroxylation is 2. The number of amides is 2. The number of carboxylic acids is 1. The largest absolute Gasteiger partial charge is 0.478 e. The van der Waals surface area contributed by atoms with Crippen LogP contribution in [0.4, 0.5) is 0 Å². The molecular formula is C41H46N6O7. The number of morpholine rings is 1. The van der Waals surface area contributed by atoms with Gasteiger partial charge in [0.05, 0.1) is 54.0 Å². The third kappa shape index (κ3) is 6.55. The van der Waals surface area contributed by atoms with Crippen LogP contribution in [-0.2, 0) is 19.1 Å². The molecular weight excluding hydrogens is 688 g/mol. The predicted molar refractivity (Wildman–Crippen MR) is 205 cm³/mol. The molecule has 0 unspecified atom stereocenters. The normalized spacial score (nSPS) is 19.0. The number of aromatic amines is 2. The van der Waals surface area contributed by atoms with Crippen molar-refractivity contribution in [1.82, 2.24) is 29.7 Å². The average Bonchev–Trinajstić information content (AvgIpc) is 3.83. The number of hydrogen-bond acceptors (Lipinski definition) is 9. The first-order valence-corrected chi connectivity index (χ1v) is 18.5. The van der Waals surface area contributed by atoms with E-state index in [1.54, 1.807) is 6.08 Å². The number of aromatic nitrogens is 4. The molecule has 282 valence electrons. The molecule has 4 aliphatic rings. The van der Waals surface area contributed by atoms with Crippen LogP contribution in [0.5, 0.6) is 0 Å². The molecule has 3 aromatic rings. The average molecular weight is 735 g/mol. The number of nitrogens with zero attached hydrogens (tertiary/aromatic N) is 4. The number of allylic oxidation sites excluding steroid dienone is 2. The lowest BCUT2D eigenvalue weighted by Gasteiger charge is -2.31. The van der Waals surface area contributed by atoms with Gasteiger partial charge in [0, 0.05) is 78.3 Å². The number of carboxylic acid groups (broad SMARTS) is 1. The summed E-state index contributed by atoms with van der Waals surface area (Å²) in [6.07, 6.45) is 3.88. The predicted octanol–water partition coefficient (Wildman–Crippen LogP) is 6.14. The molecule has 0 spiro atoms. The Morgan fingerprint density at radius 1 is 0.963 bits per heavy atom. The number of imide groups is 1. The summed E-state index contributed by atoms with van der Waals surface area (Å²) in [5.74, 6) is -2.81. The maximum atomic E-state index is 14.8. The number of H-pyrrole nitrogens is 2. The molecule has 7 heterocycles. The van der Waals surface area contributed by atoms with Gasteiger partial charge in [0.1, 0.15) is 0 Å². The molecule has 2 atom stereocenters. The van der Waals surface area contributed by atoms with Crippen LogP contribution in [0.1, 0.15) is 112 Å². The van der Waals surface area contributed by atoms with Crippen LogP contribution in [0.3, 0.4) is 0 Å². The molecule has 3 N–H and O–H groups in total. The number of nitrogens with one attached hydrogen (secondary N) is 2. The van der Waals surface area contributed by atoms with Crippen LogP contribution in [0.25, 0.3) is 39.3 Å². The first-order valence-electron chi connectivity index (χ1n) is 18.5. The highest BCUT2D eigenvalue weighted by molar-refractivity contribution is 6.23. The first-order chi connectivity index (χ1) is 25.9. The standard InChI is InChI=1S/C41H46N6O7/c1-7-25-21(2)29-19-33-26(8-10-34(48)49)22(3)28(43-33)18-30-23(4)27(9-11-35(50)53-6)38(44-30)37-39-36(24(5)31(45-39)20-32(25)42-29)40(51)47(41(37)52)13-12-46-14-16-54-17-15-46/h8,10,18-20,23,27,43,45H,7,9,11-17H2,1-6H3,(H,48,49)/b10-8+,28-18?,29-19?,30-18?,31-20?,32-20?,33-19?,38-37?/t23-,27-/m0/s1. The van der Waals surface area contributed by atoms with Crippen LogP contribution < -0.4 is 0 Å². The van der Waals surface area contributed by atoms with Gasteiger partial charge < -0.3 is 24.5 Å². The van der Waals surface area contributed by atoms with Gasteiger partial charge in [-0.15, -0.1) is 0 Å². The Morgan fingerprint density at radius 2 is 1.67 bits per heavy atom. The molecule has 2 amide bonds. The van der Waals surface area contributed by atoms with Crippen molar-refractivity contribution in [2.45, 2.75) is 65.7 Å². The lowest BCUT2D eigenvalue weighted by atomic mass is 9.84. The van der Waals surface area contributed by atoms with Gasteiger partial charge in [-0.25, -0.2) is 9.78 Å². The first kappa shape index (κ1) is 36.9. The van der Waals surface area contributed by atoms with E-state index in [-0.39, 0.29) is 36.7 Å². The maximum absolute atomic E-state index is 14.8. The molecule has 4 aliphatic heterocycles. The molecule has 0 aliphatic carbocycles. The number of methoxy groups -OCH3 is 1. The SMILES string of the molecule is CCC1=C(C)c2cc3[nH]c(cc4nc(c5c6[nH]c(cc1n2)c(C)c6C(=O)N(CCN1CCOCC1)C5=O)[C@@H](CCC(=O)OC)[C@@H]4C)c(C)c3/C=C/C(=O)O. The van der Waals surface area contributed by atoms with Crippen molar-refractivity contribution in [2.75, 3.05) is 46.5 Å². The third-order valence-corrected chi connectivity index (χ3v) is 11.4. The van der Waals surface area contributed by atoms with E-state index in [0.29, 0.717) is 95.9 Å². The molecule has 0 saturated carbocycles. The number of carbonyl (C=O) groups is 4. The van der Waals surface area contributed by atoms with E-state index in [0.717, 1.165) is 39.7 Å². The van der Waals surface area contributed by atoms with Crippen LogP contribution in [-0.4, -0.2) is 105 Å². The molecule has 0 aromatic carbocycles. The summed E-state index contributed by atoms with van der Waals surface area (Å²) in [5, 5.41) is 9.53. The minimum absolute atomic E-state index is 0.114. The van der Waals surface area contributed by atoms with Crippen LogP contribution in [0.2, 0.25) is 0 Å². The molecule has 13 nitrogen and oxygen atoms in total. The summed E-state index contributed by atoms with van der Waals surface area (Å²) < 4.78 is 10.5. The number of esters is 1. The Morgan fingerprint density at radius 3 is 2.37 bits per heavy atom. The van der Waals surface area contributed by atoms with Gasteiger partial charge in [-0.1, -0.05) is 13.8 Å². The fraction of sp³-hybridized carbons (Fsp3) is 0.415. The Bertz CT molecular complexity index is 2310. The van der Waals surface area contributed by atoms with Crippen molar-refractivity contribution >= 4 is 63.0 Å². The van der Waals surface area contributed by atoms with Gasteiger partial charge in [0.15, 0.2) is 0 Å². The van der Waals surface area contributed by atoms with E-state index < -0.39 is 11.9 Å². The second-order valence-electron chi connectivity index (χ2n) is 14.4. The zero-order valence-corrected chi connectivity index (χ0v) is 31.6. The fourth-order valence-corrected chi connectivity index (χ4v) is 8.16. The van der Waals surface area contributed by atoms with Crippen molar-refractivity contribution in [2.24, 2.45) is 0 Å². The van der Waals surface area contributed by atoms with E-state index in [1.807, 2.05) is 45.9 Å². The van der Waals surface area contributed by atoms with E-state index in [2.05, 4.69) is 21.8 Å². The number of ether oxygens (including phenoxy) is 2. The number of carbonyl (C=O) groups excluding carboxylic acids is 3. The summed E-state index contributed by atoms with van der Waals surface area (Å²) >= 11 is 0. The Labute approximate surface area is 313 Å². The van der Waals surface area contributed by atoms with Crippen molar-refractivity contribution < 1.29 is 33.8 Å². The Kier molecular flexibility index (Phi) is 10.1. The van der Waals surface area contributed by atoms with Crippen LogP contribution >= 0.6 is 0 Å². The summed E-state index contributed by atoms with van der Waals surface area (Å²) in [7, 11) is 1.35. The van der Waals surface area contributed by atoms with E-state index in [1.165, 1.54) is 12.0 Å². The lowest BCUT2D eigenvalue weighted by molar-refractivity contribution is -0.140. The van der Waals surface area contributed by atoms with Gasteiger partial charge in [-0.05, 0) is 80.2 Å². The topological polar surface area (TPSA) is 171 Å². The Hall–Kier alpha value is -5.40. The summed E-state index contributed by atoms with van der Waals surface area (Å²) in [4.78, 5) is 74.2. The number of fused-ring (bicyclic) bond motifs is 8. The smallest absolute Gasteiger partial charge is 0.328 e. The molecule has 1 saturated heterocycles. The highest BCUT2D eigenvalue weighted by atomic mass is 16.5. The molecule has 1 fully saturated rings. The van der Waals surface area contributed by atoms with Gasteiger partial charge in [-0.3, -0.25) is 29.2 Å². The van der Waals surface area contributed by atoms with Gasteiger partial charge in [0.25, 0.3) is 11.8 Å². The van der Waals surface area contributed by atoms with Crippen molar-refractivity contribution in [3.8, 4) is 0 Å². The minimum atomic E-state index is -1.06. The second kappa shape index (κ2) is 14.8. The number of rotatable bonds is 9. The second-order valence-corrected chi connectivity index (χ2v) is 14.4. The lowest BCUT2D eigenvalue weighted by Crippen LogP contribution is -2.47. The van der Waals surface area contributed by atoms with Crippen molar-refractivity contribution in [3.05, 3.63) is 74.9 Å². The quantitative estimate of drug-likeness (QED) is 0.132. The summed E-state index contributed by atoms with van der Waals surface area (Å²) in [5.41, 5.74) is 10.1. The van der Waals surface area contributed by atoms with Gasteiger partial charge >= 0.3 is 11.9 Å². The molecule has 7 rings (SSSR count). The zero-order chi connectivity index (χ0) is 38.4. The Balaban J connectivity index is 1.56. The highest BCUT2D eigenvalue weighted by Gasteiger charge is 2.41. The van der Waals surface area contributed by atoms with Crippen LogP contribution in [0.15, 0.2) is 24.3 Å². The minimum Gasteiger partial charge on any atom is -0.478 e. The fourth-order valence-electron chi connectivity index (χ4n) is 8.16. The number of aliphatic carboxylic acids is 1. The molecule has 8 bridgehead atoms. The summed E-state index contributed by atoms with van der Waals surface area (Å²) in [6, 6.07) is 5.81. The summed E-state index contributed by atoms with van der Waals surface area (Å²) in [6.45, 7) is 13.2. The zero-order valence-electron chi connectivity index (χ0n) is 31.6. The van der Waals surface area contributed by atoms with E-state index in [9.17, 15) is 24.3 Å². The molecule has 54 heavy (non-hydrogen) atoms. The van der Waals surface area contributed by atoms with E-state index >= 15 is 0 Å². The van der Waals surface area contributed by atoms with Crippen molar-refractivity contribution in [1.29, 1.82) is 0 Å². The molecule has 3 aromatic heterocycles. The molecule has 0 radical (unpaired) electrons. The highest BCUT2D eigenvalue weighted by Crippen LogP contribution is 2.44. The maximum Gasteiger partial charge on any atom is 0.328 e. The monoisotopic (exact) mass is 734 g/mol.